The molecule has 0 bridgehead atoms. The van der Waals surface area contributed by atoms with E-state index in [-0.39, 0.29) is 12.1 Å². The summed E-state index contributed by atoms with van der Waals surface area (Å²) < 4.78 is 12.7. The van der Waals surface area contributed by atoms with Gasteiger partial charge in [-0.2, -0.15) is 0 Å². The molecule has 8 nitrogen and oxygen atoms in total. The average molecular weight is 338 g/mol. The molecule has 0 aliphatic carbocycles. The van der Waals surface area contributed by atoms with Crippen molar-refractivity contribution in [1.82, 2.24) is 25.2 Å². The zero-order chi connectivity index (χ0) is 17.2. The van der Waals surface area contributed by atoms with Crippen molar-refractivity contribution in [2.45, 2.75) is 18.5 Å². The van der Waals surface area contributed by atoms with Crippen molar-refractivity contribution in [2.24, 2.45) is 0 Å². The highest BCUT2D eigenvalue weighted by Gasteiger charge is 2.32. The Hall–Kier alpha value is -3.16. The maximum Gasteiger partial charge on any atom is 0.244 e. The molecular weight excluding hydrogens is 320 g/mol. The minimum absolute atomic E-state index is 0.0492. The minimum Gasteiger partial charge on any atom is -0.497 e. The minimum atomic E-state index is -0.0819. The molecule has 1 aliphatic rings. The summed E-state index contributed by atoms with van der Waals surface area (Å²) in [6.45, 7) is 0. The number of tetrazole rings is 1. The third kappa shape index (κ3) is 2.75. The van der Waals surface area contributed by atoms with Gasteiger partial charge in [-0.05, 0) is 46.7 Å². The number of nitrogens with one attached hydrogen (secondary N) is 1. The molecule has 2 unspecified atom stereocenters. The standard InChI is InChI=1S/C17H18N6O2/c1-24-12-5-6-16(25-2)13(8-12)15-9-14(11-4-3-7-18-10-11)19-17-20-21-22-23(15)17/h3-8,10,14-15H,9H2,1-2H3,(H,19,20,22). The van der Waals surface area contributed by atoms with E-state index in [0.29, 0.717) is 5.95 Å². The maximum absolute atomic E-state index is 5.56. The Morgan fingerprint density at radius 2 is 2.12 bits per heavy atom. The van der Waals surface area contributed by atoms with Gasteiger partial charge in [-0.15, -0.1) is 0 Å². The largest absolute Gasteiger partial charge is 0.497 e. The molecule has 0 amide bonds. The number of pyridine rings is 1. The number of fused-ring (bicyclic) bond motifs is 1. The topological polar surface area (TPSA) is 87.0 Å². The van der Waals surface area contributed by atoms with Crippen molar-refractivity contribution >= 4 is 5.95 Å². The van der Waals surface area contributed by atoms with Crippen LogP contribution in [-0.2, 0) is 0 Å². The first kappa shape index (κ1) is 15.4. The van der Waals surface area contributed by atoms with E-state index in [4.69, 9.17) is 9.47 Å². The second-order valence-corrected chi connectivity index (χ2v) is 5.79. The number of ether oxygens (including phenoxy) is 2. The molecule has 25 heavy (non-hydrogen) atoms. The van der Waals surface area contributed by atoms with Crippen LogP contribution in [-0.4, -0.2) is 39.4 Å². The number of benzene rings is 1. The molecule has 0 fully saturated rings. The first-order valence-corrected chi connectivity index (χ1v) is 7.96. The predicted molar refractivity (Wildman–Crippen MR) is 90.7 cm³/mol. The summed E-state index contributed by atoms with van der Waals surface area (Å²) in [5, 5.41) is 15.5. The van der Waals surface area contributed by atoms with E-state index >= 15 is 0 Å². The molecule has 4 rings (SSSR count). The summed E-state index contributed by atoms with van der Waals surface area (Å²) in [6.07, 6.45) is 4.38. The smallest absolute Gasteiger partial charge is 0.244 e. The molecule has 0 radical (unpaired) electrons. The molecule has 0 spiro atoms. The summed E-state index contributed by atoms with van der Waals surface area (Å²) in [5.41, 5.74) is 2.06. The molecule has 8 heteroatoms. The van der Waals surface area contributed by atoms with Crippen LogP contribution in [0, 0.1) is 0 Å². The quantitative estimate of drug-likeness (QED) is 0.780. The first-order valence-electron chi connectivity index (χ1n) is 7.96. The van der Waals surface area contributed by atoms with Crippen molar-refractivity contribution in [3.05, 3.63) is 53.9 Å². The lowest BCUT2D eigenvalue weighted by molar-refractivity contribution is 0.371. The number of anilines is 1. The van der Waals surface area contributed by atoms with E-state index in [9.17, 15) is 0 Å². The fourth-order valence-corrected chi connectivity index (χ4v) is 3.20. The van der Waals surface area contributed by atoms with E-state index in [1.807, 2.05) is 36.5 Å². The van der Waals surface area contributed by atoms with E-state index in [1.165, 1.54) is 0 Å². The zero-order valence-corrected chi connectivity index (χ0v) is 14.0. The fourth-order valence-electron chi connectivity index (χ4n) is 3.20. The second kappa shape index (κ2) is 6.39. The van der Waals surface area contributed by atoms with Crippen LogP contribution in [0.5, 0.6) is 11.5 Å². The lowest BCUT2D eigenvalue weighted by atomic mass is 9.93. The van der Waals surface area contributed by atoms with Gasteiger partial charge in [0.2, 0.25) is 5.95 Å². The van der Waals surface area contributed by atoms with Gasteiger partial charge < -0.3 is 14.8 Å². The Labute approximate surface area is 144 Å². The number of methoxy groups -OCH3 is 2. The molecule has 2 aromatic heterocycles. The van der Waals surface area contributed by atoms with Gasteiger partial charge in [0, 0.05) is 18.0 Å². The van der Waals surface area contributed by atoms with Crippen molar-refractivity contribution in [3.8, 4) is 11.5 Å². The van der Waals surface area contributed by atoms with Crippen LogP contribution in [0.4, 0.5) is 5.95 Å². The summed E-state index contributed by atoms with van der Waals surface area (Å²) in [6, 6.07) is 9.69. The summed E-state index contributed by atoms with van der Waals surface area (Å²) >= 11 is 0. The van der Waals surface area contributed by atoms with Crippen molar-refractivity contribution in [3.63, 3.8) is 0 Å². The lowest BCUT2D eigenvalue weighted by Crippen LogP contribution is -2.28. The average Bonchev–Trinajstić information content (AvgIpc) is 3.16. The van der Waals surface area contributed by atoms with Crippen molar-refractivity contribution in [2.75, 3.05) is 19.5 Å². The highest BCUT2D eigenvalue weighted by atomic mass is 16.5. The first-order chi connectivity index (χ1) is 12.3. The molecule has 2 atom stereocenters. The Morgan fingerprint density at radius 1 is 1.20 bits per heavy atom. The van der Waals surface area contributed by atoms with E-state index in [1.54, 1.807) is 25.1 Å². The lowest BCUT2D eigenvalue weighted by Gasteiger charge is -2.31. The fraction of sp³-hybridized carbons (Fsp3) is 0.294. The molecule has 0 saturated carbocycles. The van der Waals surface area contributed by atoms with E-state index < -0.39 is 0 Å². The molecular formula is C17H18N6O2. The van der Waals surface area contributed by atoms with Gasteiger partial charge in [0.05, 0.1) is 26.3 Å². The predicted octanol–water partition coefficient (Wildman–Crippen LogP) is 2.23. The van der Waals surface area contributed by atoms with Crippen LogP contribution in [0.1, 0.15) is 29.6 Å². The van der Waals surface area contributed by atoms with Crippen LogP contribution in [0.25, 0.3) is 0 Å². The van der Waals surface area contributed by atoms with Gasteiger partial charge in [0.1, 0.15) is 11.5 Å². The third-order valence-electron chi connectivity index (χ3n) is 4.43. The number of rotatable bonds is 4. The van der Waals surface area contributed by atoms with Gasteiger partial charge in [-0.1, -0.05) is 11.2 Å². The summed E-state index contributed by atoms with van der Waals surface area (Å²) in [7, 11) is 3.31. The Balaban J connectivity index is 1.79. The Kier molecular flexibility index (Phi) is 3.93. The van der Waals surface area contributed by atoms with Gasteiger partial charge in [0.15, 0.2) is 0 Å². The third-order valence-corrected chi connectivity index (χ3v) is 4.43. The van der Waals surface area contributed by atoms with Crippen LogP contribution in [0.15, 0.2) is 42.7 Å². The van der Waals surface area contributed by atoms with Crippen LogP contribution in [0.3, 0.4) is 0 Å². The monoisotopic (exact) mass is 338 g/mol. The number of nitrogens with zero attached hydrogens (tertiary/aromatic N) is 5. The van der Waals surface area contributed by atoms with Crippen LogP contribution >= 0.6 is 0 Å². The molecule has 3 aromatic rings. The molecule has 1 N–H and O–H groups in total. The van der Waals surface area contributed by atoms with Gasteiger partial charge >= 0.3 is 0 Å². The van der Waals surface area contributed by atoms with Crippen molar-refractivity contribution in [1.29, 1.82) is 0 Å². The number of aromatic nitrogens is 5. The summed E-state index contributed by atoms with van der Waals surface area (Å²) in [4.78, 5) is 4.22. The van der Waals surface area contributed by atoms with Gasteiger partial charge in [-0.3, -0.25) is 4.98 Å². The highest BCUT2D eigenvalue weighted by Crippen LogP contribution is 2.41. The molecule has 1 aromatic carbocycles. The zero-order valence-electron chi connectivity index (χ0n) is 14.0. The Bertz CT molecular complexity index is 867. The molecule has 3 heterocycles. The SMILES string of the molecule is COc1ccc(OC)c(C2CC(c3cccnc3)Nc3nnnn32)c1. The highest BCUT2D eigenvalue weighted by molar-refractivity contribution is 5.45. The summed E-state index contributed by atoms with van der Waals surface area (Å²) in [5.74, 6) is 2.16. The van der Waals surface area contributed by atoms with Gasteiger partial charge in [0.25, 0.3) is 0 Å². The molecule has 128 valence electrons. The normalized spacial score (nSPS) is 19.0. The van der Waals surface area contributed by atoms with E-state index in [2.05, 4.69) is 25.8 Å². The molecule has 1 aliphatic heterocycles. The number of hydrogen-bond acceptors (Lipinski definition) is 7. The molecule has 0 saturated heterocycles. The van der Waals surface area contributed by atoms with E-state index in [0.717, 1.165) is 29.0 Å². The maximum atomic E-state index is 5.56. The Morgan fingerprint density at radius 3 is 2.88 bits per heavy atom. The van der Waals surface area contributed by atoms with Crippen molar-refractivity contribution < 1.29 is 9.47 Å². The van der Waals surface area contributed by atoms with Crippen LogP contribution < -0.4 is 14.8 Å². The number of hydrogen-bond donors (Lipinski definition) is 1. The second-order valence-electron chi connectivity index (χ2n) is 5.79. The van der Waals surface area contributed by atoms with Crippen LogP contribution in [0.2, 0.25) is 0 Å². The van der Waals surface area contributed by atoms with Gasteiger partial charge in [-0.25, -0.2) is 4.68 Å².